The molecule has 0 spiro atoms. The third-order valence-corrected chi connectivity index (χ3v) is 4.30. The van der Waals surface area contributed by atoms with Gasteiger partial charge in [0.2, 0.25) is 0 Å². The van der Waals surface area contributed by atoms with Gasteiger partial charge in [-0.3, -0.25) is 9.59 Å². The number of ether oxygens (including phenoxy) is 1. The van der Waals surface area contributed by atoms with Crippen molar-refractivity contribution >= 4 is 11.8 Å². The van der Waals surface area contributed by atoms with Gasteiger partial charge in [0.25, 0.3) is 11.8 Å². The zero-order chi connectivity index (χ0) is 15.4. The molecule has 0 aliphatic carbocycles. The Labute approximate surface area is 130 Å². The number of carbonyl (C=O) groups excluding carboxylic acids is 2. The standard InChI is InChI=1S/C17H22N2O3/c20-16(18-7-2-1-3-8-18)14-5-4-6-15(13-14)17(21)19-9-11-22-12-10-19/h4-6,13H,1-3,7-12H2. The molecule has 2 fully saturated rings. The minimum absolute atomic E-state index is 0.0170. The molecular weight excluding hydrogens is 280 g/mol. The molecule has 0 N–H and O–H groups in total. The summed E-state index contributed by atoms with van der Waals surface area (Å²) in [7, 11) is 0. The van der Waals surface area contributed by atoms with E-state index in [4.69, 9.17) is 4.74 Å². The second kappa shape index (κ2) is 6.92. The minimum atomic E-state index is -0.0170. The maximum atomic E-state index is 12.5. The molecule has 5 heteroatoms. The molecule has 22 heavy (non-hydrogen) atoms. The molecule has 2 amide bonds. The normalized spacial score (nSPS) is 19.1. The Morgan fingerprint density at radius 3 is 1.95 bits per heavy atom. The van der Waals surface area contributed by atoms with Crippen LogP contribution in [0.3, 0.4) is 0 Å². The number of morpholine rings is 1. The van der Waals surface area contributed by atoms with Crippen molar-refractivity contribution in [3.63, 3.8) is 0 Å². The number of piperidine rings is 1. The van der Waals surface area contributed by atoms with Gasteiger partial charge >= 0.3 is 0 Å². The largest absolute Gasteiger partial charge is 0.378 e. The number of rotatable bonds is 2. The van der Waals surface area contributed by atoms with Crippen LogP contribution in [0.25, 0.3) is 0 Å². The first kappa shape index (κ1) is 15.0. The minimum Gasteiger partial charge on any atom is -0.378 e. The summed E-state index contributed by atoms with van der Waals surface area (Å²) in [6.45, 7) is 4.03. The molecule has 0 bridgehead atoms. The van der Waals surface area contributed by atoms with E-state index in [-0.39, 0.29) is 11.8 Å². The summed E-state index contributed by atoms with van der Waals surface area (Å²) < 4.78 is 5.27. The lowest BCUT2D eigenvalue weighted by atomic mass is 10.1. The van der Waals surface area contributed by atoms with Gasteiger partial charge in [-0.05, 0) is 37.5 Å². The van der Waals surface area contributed by atoms with E-state index < -0.39 is 0 Å². The second-order valence-electron chi connectivity index (χ2n) is 5.84. The smallest absolute Gasteiger partial charge is 0.254 e. The van der Waals surface area contributed by atoms with Gasteiger partial charge in [-0.25, -0.2) is 0 Å². The van der Waals surface area contributed by atoms with Crippen molar-refractivity contribution in [1.29, 1.82) is 0 Å². The summed E-state index contributed by atoms with van der Waals surface area (Å²) in [4.78, 5) is 28.7. The molecule has 5 nitrogen and oxygen atoms in total. The first-order valence-corrected chi connectivity index (χ1v) is 8.02. The SMILES string of the molecule is O=C(c1cccc(C(=O)N2CCOCC2)c1)N1CCCCC1. The van der Waals surface area contributed by atoms with E-state index in [0.29, 0.717) is 37.4 Å². The molecule has 2 saturated heterocycles. The number of nitrogens with zero attached hydrogens (tertiary/aromatic N) is 2. The molecule has 2 heterocycles. The third-order valence-electron chi connectivity index (χ3n) is 4.30. The van der Waals surface area contributed by atoms with Crippen LogP contribution in [0.2, 0.25) is 0 Å². The summed E-state index contributed by atoms with van der Waals surface area (Å²) in [5.74, 6) is 0.0212. The first-order valence-electron chi connectivity index (χ1n) is 8.02. The average Bonchev–Trinajstić information content (AvgIpc) is 2.62. The Balaban J connectivity index is 1.73. The van der Waals surface area contributed by atoms with Crippen LogP contribution in [0, 0.1) is 0 Å². The molecule has 1 aromatic rings. The Morgan fingerprint density at radius 2 is 1.36 bits per heavy atom. The van der Waals surface area contributed by atoms with E-state index in [1.807, 2.05) is 4.90 Å². The summed E-state index contributed by atoms with van der Waals surface area (Å²) in [6.07, 6.45) is 3.33. The van der Waals surface area contributed by atoms with Crippen molar-refractivity contribution in [1.82, 2.24) is 9.80 Å². The summed E-state index contributed by atoms with van der Waals surface area (Å²) in [5, 5.41) is 0. The molecular formula is C17H22N2O3. The molecule has 0 aromatic heterocycles. The van der Waals surface area contributed by atoms with Crippen LogP contribution < -0.4 is 0 Å². The van der Waals surface area contributed by atoms with Crippen molar-refractivity contribution in [3.05, 3.63) is 35.4 Å². The number of amides is 2. The van der Waals surface area contributed by atoms with Gasteiger partial charge < -0.3 is 14.5 Å². The van der Waals surface area contributed by atoms with E-state index in [2.05, 4.69) is 0 Å². The molecule has 3 rings (SSSR count). The number of likely N-dealkylation sites (tertiary alicyclic amines) is 1. The van der Waals surface area contributed by atoms with Gasteiger partial charge in [0, 0.05) is 37.3 Å². The van der Waals surface area contributed by atoms with Crippen LogP contribution >= 0.6 is 0 Å². The first-order chi connectivity index (χ1) is 10.8. The fraction of sp³-hybridized carbons (Fsp3) is 0.529. The maximum absolute atomic E-state index is 12.5. The highest BCUT2D eigenvalue weighted by molar-refractivity contribution is 5.99. The number of hydrogen-bond donors (Lipinski definition) is 0. The van der Waals surface area contributed by atoms with Crippen LogP contribution in [0.4, 0.5) is 0 Å². The fourth-order valence-corrected chi connectivity index (χ4v) is 3.01. The van der Waals surface area contributed by atoms with Crippen LogP contribution in [-0.4, -0.2) is 61.0 Å². The Hall–Kier alpha value is -1.88. The predicted octanol–water partition coefficient (Wildman–Crippen LogP) is 1.79. The van der Waals surface area contributed by atoms with E-state index >= 15 is 0 Å². The molecule has 118 valence electrons. The van der Waals surface area contributed by atoms with Gasteiger partial charge in [-0.15, -0.1) is 0 Å². The van der Waals surface area contributed by atoms with Gasteiger partial charge in [0.05, 0.1) is 13.2 Å². The molecule has 0 saturated carbocycles. The molecule has 0 unspecified atom stereocenters. The van der Waals surface area contributed by atoms with Crippen LogP contribution in [0.15, 0.2) is 24.3 Å². The van der Waals surface area contributed by atoms with Crippen molar-refractivity contribution < 1.29 is 14.3 Å². The molecule has 1 aromatic carbocycles. The van der Waals surface area contributed by atoms with Gasteiger partial charge in [0.1, 0.15) is 0 Å². The molecule has 0 atom stereocenters. The summed E-state index contributed by atoms with van der Waals surface area (Å²) in [5.41, 5.74) is 1.20. The zero-order valence-corrected chi connectivity index (χ0v) is 12.8. The highest BCUT2D eigenvalue weighted by Crippen LogP contribution is 2.15. The number of hydrogen-bond acceptors (Lipinski definition) is 3. The lowest BCUT2D eigenvalue weighted by Crippen LogP contribution is -2.40. The van der Waals surface area contributed by atoms with Gasteiger partial charge in [-0.2, -0.15) is 0 Å². The van der Waals surface area contributed by atoms with E-state index in [0.717, 1.165) is 25.9 Å². The lowest BCUT2D eigenvalue weighted by Gasteiger charge is -2.28. The van der Waals surface area contributed by atoms with E-state index in [1.54, 1.807) is 29.2 Å². The van der Waals surface area contributed by atoms with E-state index in [9.17, 15) is 9.59 Å². The molecule has 2 aliphatic heterocycles. The quantitative estimate of drug-likeness (QED) is 0.837. The van der Waals surface area contributed by atoms with E-state index in [1.165, 1.54) is 6.42 Å². The highest BCUT2D eigenvalue weighted by Gasteiger charge is 2.22. The van der Waals surface area contributed by atoms with Crippen LogP contribution in [0.1, 0.15) is 40.0 Å². The average molecular weight is 302 g/mol. The van der Waals surface area contributed by atoms with Crippen LogP contribution in [-0.2, 0) is 4.74 Å². The van der Waals surface area contributed by atoms with Crippen molar-refractivity contribution in [2.24, 2.45) is 0 Å². The maximum Gasteiger partial charge on any atom is 0.254 e. The predicted molar refractivity (Wildman–Crippen MR) is 82.9 cm³/mol. The van der Waals surface area contributed by atoms with Crippen molar-refractivity contribution in [2.45, 2.75) is 19.3 Å². The Morgan fingerprint density at radius 1 is 0.818 bits per heavy atom. The number of carbonyl (C=O) groups is 2. The van der Waals surface area contributed by atoms with Gasteiger partial charge in [0.15, 0.2) is 0 Å². The Bertz CT molecular complexity index is 501. The van der Waals surface area contributed by atoms with Crippen molar-refractivity contribution in [2.75, 3.05) is 39.4 Å². The molecule has 0 radical (unpaired) electrons. The summed E-state index contributed by atoms with van der Waals surface area (Å²) in [6, 6.07) is 7.11. The monoisotopic (exact) mass is 302 g/mol. The zero-order valence-electron chi connectivity index (χ0n) is 12.8. The topological polar surface area (TPSA) is 49.9 Å². The van der Waals surface area contributed by atoms with Crippen LogP contribution in [0.5, 0.6) is 0 Å². The van der Waals surface area contributed by atoms with Gasteiger partial charge in [-0.1, -0.05) is 6.07 Å². The second-order valence-corrected chi connectivity index (χ2v) is 5.84. The lowest BCUT2D eigenvalue weighted by molar-refractivity contribution is 0.0303. The number of benzene rings is 1. The fourth-order valence-electron chi connectivity index (χ4n) is 3.01. The van der Waals surface area contributed by atoms with Crippen molar-refractivity contribution in [3.8, 4) is 0 Å². The highest BCUT2D eigenvalue weighted by atomic mass is 16.5. The Kier molecular flexibility index (Phi) is 4.73. The third kappa shape index (κ3) is 3.30. The summed E-state index contributed by atoms with van der Waals surface area (Å²) >= 11 is 0. The molecule has 2 aliphatic rings.